The molecule has 2 aromatic carbocycles. The molecule has 0 bridgehead atoms. The molecule has 8 amide bonds. The molecule has 6 N–H and O–H groups in total. The van der Waals surface area contributed by atoms with E-state index in [1.54, 1.807) is 79.0 Å². The lowest BCUT2D eigenvalue weighted by Crippen LogP contribution is -2.48. The highest BCUT2D eigenvalue weighted by Crippen LogP contribution is 2.28. The van der Waals surface area contributed by atoms with Gasteiger partial charge in [0.15, 0.2) is 24.0 Å². The van der Waals surface area contributed by atoms with Gasteiger partial charge in [-0.05, 0) is 86.4 Å². The highest BCUT2D eigenvalue weighted by atomic mass is 16.6. The summed E-state index contributed by atoms with van der Waals surface area (Å²) in [5.41, 5.74) is 7.95. The van der Waals surface area contributed by atoms with E-state index in [4.69, 9.17) is 19.9 Å². The monoisotopic (exact) mass is 1060 g/mol. The number of urea groups is 1. The zero-order valence-corrected chi connectivity index (χ0v) is 43.6. The molecular weight excluding hydrogens is 995 g/mol. The largest absolute Gasteiger partial charge is 0.497 e. The number of fused-ring (bicyclic) bond motifs is 2. The van der Waals surface area contributed by atoms with Gasteiger partial charge in [0.05, 0.1) is 42.6 Å². The van der Waals surface area contributed by atoms with Crippen LogP contribution in [-0.2, 0) is 53.2 Å². The van der Waals surface area contributed by atoms with Crippen molar-refractivity contribution in [2.24, 2.45) is 17.6 Å². The van der Waals surface area contributed by atoms with Gasteiger partial charge in [0, 0.05) is 88.0 Å². The molecule has 1 fully saturated rings. The molecule has 0 spiro atoms. The van der Waals surface area contributed by atoms with Crippen LogP contribution in [0.25, 0.3) is 11.0 Å². The van der Waals surface area contributed by atoms with Gasteiger partial charge in [-0.15, -0.1) is 0 Å². The van der Waals surface area contributed by atoms with Crippen LogP contribution in [0.4, 0.5) is 21.1 Å². The maximum atomic E-state index is 14.1. The second kappa shape index (κ2) is 27.0. The zero-order chi connectivity index (χ0) is 55.0. The maximum Gasteiger partial charge on any atom is 0.410 e. The number of carbonyl (C=O) groups excluding carboxylic acids is 8. The van der Waals surface area contributed by atoms with E-state index in [0.717, 1.165) is 4.90 Å². The van der Waals surface area contributed by atoms with Crippen molar-refractivity contribution < 1.29 is 52.6 Å². The first-order chi connectivity index (χ1) is 37.0. The van der Waals surface area contributed by atoms with Crippen molar-refractivity contribution in [3.8, 4) is 11.5 Å². The van der Waals surface area contributed by atoms with E-state index in [1.165, 1.54) is 18.3 Å². The lowest BCUT2D eigenvalue weighted by atomic mass is 9.89. The second-order valence-electron chi connectivity index (χ2n) is 19.6. The summed E-state index contributed by atoms with van der Waals surface area (Å²) in [5.74, 6) is -1.97. The molecule has 4 aromatic rings. The molecule has 2 atom stereocenters. The zero-order valence-electron chi connectivity index (χ0n) is 43.6. The molecule has 77 heavy (non-hydrogen) atoms. The Balaban J connectivity index is 0.945. The molecule has 3 aliphatic rings. The number of aromatic nitrogens is 3. The number of benzene rings is 2. The fourth-order valence-corrected chi connectivity index (χ4v) is 9.47. The molecule has 0 saturated carbocycles. The smallest absolute Gasteiger partial charge is 0.410 e. The van der Waals surface area contributed by atoms with Gasteiger partial charge in [-0.3, -0.25) is 43.4 Å². The number of amides is 8. The highest BCUT2D eigenvalue weighted by molar-refractivity contribution is 6.12. The minimum Gasteiger partial charge on any atom is -0.497 e. The van der Waals surface area contributed by atoms with E-state index in [1.807, 2.05) is 6.07 Å². The van der Waals surface area contributed by atoms with Gasteiger partial charge in [-0.1, -0.05) is 32.4 Å². The Bertz CT molecular complexity index is 2880. The first-order valence-corrected chi connectivity index (χ1v) is 26.0. The molecule has 2 aromatic heterocycles. The predicted molar refractivity (Wildman–Crippen MR) is 282 cm³/mol. The van der Waals surface area contributed by atoms with E-state index < -0.39 is 30.0 Å². The number of likely N-dealkylation sites (tertiary alicyclic amines) is 1. The average molecular weight is 1060 g/mol. The van der Waals surface area contributed by atoms with Gasteiger partial charge in [0.2, 0.25) is 11.8 Å². The third kappa shape index (κ3) is 15.9. The van der Waals surface area contributed by atoms with Gasteiger partial charge >= 0.3 is 12.1 Å². The molecule has 2 unspecified atom stereocenters. The third-order valence-electron chi connectivity index (χ3n) is 13.7. The summed E-state index contributed by atoms with van der Waals surface area (Å²) in [6, 6.07) is 13.7. The molecule has 3 aliphatic heterocycles. The number of ether oxygens (including phenoxy) is 3. The Morgan fingerprint density at radius 2 is 1.66 bits per heavy atom. The van der Waals surface area contributed by atoms with Crippen molar-refractivity contribution in [3.63, 3.8) is 0 Å². The van der Waals surface area contributed by atoms with Gasteiger partial charge in [0.1, 0.15) is 12.4 Å². The number of nitrogens with two attached hydrogens (primary N) is 1. The van der Waals surface area contributed by atoms with Crippen LogP contribution < -0.4 is 42.0 Å². The summed E-state index contributed by atoms with van der Waals surface area (Å²) < 4.78 is 18.5. The van der Waals surface area contributed by atoms with Crippen LogP contribution in [0.2, 0.25) is 0 Å². The first-order valence-electron chi connectivity index (χ1n) is 26.0. The van der Waals surface area contributed by atoms with E-state index in [2.05, 4.69) is 36.1 Å². The van der Waals surface area contributed by atoms with Crippen molar-refractivity contribution in [2.45, 2.75) is 103 Å². The van der Waals surface area contributed by atoms with Gasteiger partial charge in [0.25, 0.3) is 23.3 Å². The lowest BCUT2D eigenvalue weighted by Gasteiger charge is -2.38. The molecular formula is C54H67N11O12. The standard InChI is InChI=1S/C54H67N11O12/c1-34(2)50(60-45(67)9-5-4-6-23-64-47(69)18-19-48(64)70)43(66)28-36(8-7-22-56-53(55)73)52(72)59-37-12-10-35(11-13-37)32-77-54(74)65(31-38-14-17-44-51(58-38)61-46(68)33-76-44)39-20-24-62(25-21-39)26-27-63-42-29-40(75-3)15-16-41(42)57-30-49(63)71/h10-19,29-30,34,36,39,50H,4-9,20-28,31-33H2,1-3H3,(H,59,72)(H,60,67)(H3,55,56,73)(H,58,61,68). The summed E-state index contributed by atoms with van der Waals surface area (Å²) in [5, 5.41) is 10.9. The summed E-state index contributed by atoms with van der Waals surface area (Å²) in [7, 11) is 1.57. The molecule has 0 radical (unpaired) electrons. The van der Waals surface area contributed by atoms with E-state index in [0.29, 0.717) is 104 Å². The number of hydrogen-bond acceptors (Lipinski definition) is 15. The van der Waals surface area contributed by atoms with Crippen LogP contribution in [0, 0.1) is 11.8 Å². The van der Waals surface area contributed by atoms with E-state index in [9.17, 15) is 43.2 Å². The number of nitrogens with one attached hydrogen (secondary N) is 4. The second-order valence-corrected chi connectivity index (χ2v) is 19.6. The molecule has 7 rings (SSSR count). The van der Waals surface area contributed by atoms with Crippen LogP contribution in [0.3, 0.4) is 0 Å². The Labute approximate surface area is 445 Å². The van der Waals surface area contributed by atoms with E-state index in [-0.39, 0.29) is 105 Å². The highest BCUT2D eigenvalue weighted by Gasteiger charge is 2.32. The van der Waals surface area contributed by atoms with Crippen molar-refractivity contribution in [1.82, 2.24) is 39.9 Å². The summed E-state index contributed by atoms with van der Waals surface area (Å²) in [4.78, 5) is 129. The fraction of sp³-hybridized carbons (Fsp3) is 0.463. The van der Waals surface area contributed by atoms with Crippen molar-refractivity contribution >= 4 is 70.0 Å². The fourth-order valence-electron chi connectivity index (χ4n) is 9.47. The number of hydrogen-bond donors (Lipinski definition) is 5. The summed E-state index contributed by atoms with van der Waals surface area (Å²) >= 11 is 0. The number of methoxy groups -OCH3 is 1. The Morgan fingerprint density at radius 1 is 0.909 bits per heavy atom. The molecule has 23 nitrogen and oxygen atoms in total. The number of ketones is 1. The van der Waals surface area contributed by atoms with Crippen molar-refractivity contribution in [2.75, 3.05) is 57.1 Å². The topological polar surface area (TPSA) is 296 Å². The van der Waals surface area contributed by atoms with E-state index >= 15 is 0 Å². The van der Waals surface area contributed by atoms with Crippen molar-refractivity contribution in [3.05, 3.63) is 94.6 Å². The average Bonchev–Trinajstić information content (AvgIpc) is 3.74. The third-order valence-corrected chi connectivity index (χ3v) is 13.7. The van der Waals surface area contributed by atoms with Crippen LogP contribution in [-0.4, -0.2) is 135 Å². The SMILES string of the molecule is COc1ccc2ncc(=O)n(CCN3CCC(N(Cc4ccc5c(n4)NC(=O)CO5)C(=O)OCc4ccc(NC(=O)C(CCCNC(N)=O)CC(=O)C(NC(=O)CCCCCN5C(=O)C=CC5=O)C(C)C)cc4)CC3)c2c1. The number of primary amides is 1. The molecule has 410 valence electrons. The normalized spacial score (nSPS) is 15.3. The molecule has 5 heterocycles. The lowest BCUT2D eigenvalue weighted by molar-refractivity contribution is -0.137. The number of unbranched alkanes of at least 4 members (excludes halogenated alkanes) is 2. The number of pyridine rings is 1. The Morgan fingerprint density at radius 3 is 2.38 bits per heavy atom. The predicted octanol–water partition coefficient (Wildman–Crippen LogP) is 4.02. The molecule has 0 aliphatic carbocycles. The van der Waals surface area contributed by atoms with Crippen molar-refractivity contribution in [1.29, 1.82) is 0 Å². The first kappa shape index (κ1) is 56.5. The van der Waals surface area contributed by atoms with Crippen LogP contribution in [0.5, 0.6) is 11.5 Å². The number of anilines is 2. The Hall–Kier alpha value is -8.21. The van der Waals surface area contributed by atoms with Gasteiger partial charge in [-0.25, -0.2) is 19.6 Å². The van der Waals surface area contributed by atoms with Gasteiger partial charge < -0.3 is 50.7 Å². The summed E-state index contributed by atoms with van der Waals surface area (Å²) in [6.07, 6.45) is 6.50. The Kier molecular flexibility index (Phi) is 19.8. The van der Waals surface area contributed by atoms with Crippen LogP contribution in [0.15, 0.2) is 77.7 Å². The number of nitrogens with zero attached hydrogens (tertiary/aromatic N) is 6. The summed E-state index contributed by atoms with van der Waals surface area (Å²) in [6.45, 7) is 6.16. The maximum absolute atomic E-state index is 14.1. The van der Waals surface area contributed by atoms with Crippen LogP contribution in [0.1, 0.15) is 82.9 Å². The molecule has 23 heteroatoms. The number of rotatable bonds is 26. The minimum absolute atomic E-state index is 0.0809. The quantitative estimate of drug-likeness (QED) is 0.0438. The molecule has 1 saturated heterocycles. The number of piperidine rings is 1. The number of Topliss-reactive ketones (excluding diaryl/α,β-unsaturated/α-hetero) is 1. The number of carbonyl (C=O) groups is 8. The van der Waals surface area contributed by atoms with Crippen LogP contribution >= 0.6 is 0 Å². The van der Waals surface area contributed by atoms with Gasteiger partial charge in [-0.2, -0.15) is 0 Å². The minimum atomic E-state index is -0.867. The number of imide groups is 1.